The Hall–Kier alpha value is -2.34. The molecule has 0 aromatic heterocycles. The average Bonchev–Trinajstić information content (AvgIpc) is 2.84. The van der Waals surface area contributed by atoms with E-state index in [0.29, 0.717) is 17.9 Å². The number of carbonyl (C=O) groups excluding carboxylic acids is 1. The van der Waals surface area contributed by atoms with Gasteiger partial charge in [-0.3, -0.25) is 4.79 Å². The predicted molar refractivity (Wildman–Crippen MR) is 73.4 cm³/mol. The number of rotatable bonds is 5. The summed E-state index contributed by atoms with van der Waals surface area (Å²) in [5.74, 6) is -1.02. The van der Waals surface area contributed by atoms with Crippen LogP contribution in [-0.2, 0) is 9.59 Å². The van der Waals surface area contributed by atoms with Crippen molar-refractivity contribution in [3.05, 3.63) is 36.4 Å². The second-order valence-corrected chi connectivity index (χ2v) is 4.59. The number of carbonyl (C=O) groups is 2. The van der Waals surface area contributed by atoms with Crippen LogP contribution >= 0.6 is 0 Å². The third-order valence-electron chi connectivity index (χ3n) is 2.92. The fraction of sp³-hybridized carbons (Fsp3) is 0.286. The monoisotopic (exact) mass is 276 g/mol. The number of hydrogen-bond donors (Lipinski definition) is 3. The number of carboxylic acid groups (broad SMARTS) is 1. The molecule has 4 N–H and O–H groups in total. The van der Waals surface area contributed by atoms with Crippen LogP contribution in [0.4, 0.5) is 5.69 Å². The summed E-state index contributed by atoms with van der Waals surface area (Å²) in [6.45, 7) is -0.419. The van der Waals surface area contributed by atoms with Crippen molar-refractivity contribution in [1.29, 1.82) is 0 Å². The summed E-state index contributed by atoms with van der Waals surface area (Å²) in [4.78, 5) is 22.4. The molecular formula is C14H16N2O4. The normalized spacial score (nSPS) is 20.6. The minimum Gasteiger partial charge on any atom is -0.482 e. The molecule has 1 aromatic carbocycles. The van der Waals surface area contributed by atoms with E-state index in [1.807, 2.05) is 6.08 Å². The van der Waals surface area contributed by atoms with Gasteiger partial charge in [0.1, 0.15) is 5.75 Å². The molecule has 1 aliphatic rings. The SMILES string of the molecule is NC1C=CC(C(=O)Nc2cccc(OCC(=O)O)c2)C1. The van der Waals surface area contributed by atoms with Crippen molar-refractivity contribution < 1.29 is 19.4 Å². The molecule has 0 fully saturated rings. The van der Waals surface area contributed by atoms with Crippen molar-refractivity contribution >= 4 is 17.6 Å². The Labute approximate surface area is 116 Å². The summed E-state index contributed by atoms with van der Waals surface area (Å²) >= 11 is 0. The van der Waals surface area contributed by atoms with Gasteiger partial charge in [-0.05, 0) is 18.6 Å². The van der Waals surface area contributed by atoms with Crippen molar-refractivity contribution in [1.82, 2.24) is 0 Å². The van der Waals surface area contributed by atoms with Gasteiger partial charge in [0, 0.05) is 17.8 Å². The molecular weight excluding hydrogens is 260 g/mol. The van der Waals surface area contributed by atoms with Crippen LogP contribution < -0.4 is 15.8 Å². The number of hydrogen-bond acceptors (Lipinski definition) is 4. The lowest BCUT2D eigenvalue weighted by atomic mass is 10.1. The Morgan fingerprint density at radius 3 is 2.85 bits per heavy atom. The summed E-state index contributed by atoms with van der Waals surface area (Å²) in [5.41, 5.74) is 6.27. The van der Waals surface area contributed by atoms with Gasteiger partial charge in [0.15, 0.2) is 6.61 Å². The van der Waals surface area contributed by atoms with Crippen LogP contribution in [-0.4, -0.2) is 29.6 Å². The average molecular weight is 276 g/mol. The summed E-state index contributed by atoms with van der Waals surface area (Å²) < 4.78 is 5.05. The number of ether oxygens (including phenoxy) is 1. The molecule has 0 bridgehead atoms. The first-order valence-corrected chi connectivity index (χ1v) is 6.24. The molecule has 0 radical (unpaired) electrons. The van der Waals surface area contributed by atoms with Crippen LogP contribution in [0.5, 0.6) is 5.75 Å². The second kappa shape index (κ2) is 6.21. The van der Waals surface area contributed by atoms with Crippen molar-refractivity contribution in [2.75, 3.05) is 11.9 Å². The minimum atomic E-state index is -1.05. The molecule has 2 rings (SSSR count). The van der Waals surface area contributed by atoms with E-state index < -0.39 is 12.6 Å². The van der Waals surface area contributed by atoms with Crippen LogP contribution in [0, 0.1) is 5.92 Å². The molecule has 2 unspecified atom stereocenters. The van der Waals surface area contributed by atoms with Gasteiger partial charge in [0.25, 0.3) is 0 Å². The maximum atomic E-state index is 12.0. The van der Waals surface area contributed by atoms with Crippen molar-refractivity contribution in [2.24, 2.45) is 11.7 Å². The fourth-order valence-electron chi connectivity index (χ4n) is 1.97. The van der Waals surface area contributed by atoms with E-state index >= 15 is 0 Å². The summed E-state index contributed by atoms with van der Waals surface area (Å²) in [6.07, 6.45) is 4.21. The molecule has 1 aromatic rings. The molecule has 1 amide bonds. The molecule has 0 heterocycles. The molecule has 0 saturated carbocycles. The topological polar surface area (TPSA) is 102 Å². The summed E-state index contributed by atoms with van der Waals surface area (Å²) in [7, 11) is 0. The van der Waals surface area contributed by atoms with Gasteiger partial charge in [0.05, 0.1) is 5.92 Å². The standard InChI is InChI=1S/C14H16N2O4/c15-10-5-4-9(6-10)14(19)16-11-2-1-3-12(7-11)20-8-13(17)18/h1-5,7,9-10H,6,8,15H2,(H,16,19)(H,17,18). The van der Waals surface area contributed by atoms with Crippen molar-refractivity contribution in [3.63, 3.8) is 0 Å². The fourth-order valence-corrected chi connectivity index (χ4v) is 1.97. The highest BCUT2D eigenvalue weighted by Crippen LogP contribution is 2.21. The molecule has 0 aliphatic heterocycles. The number of carboxylic acids is 1. The zero-order valence-electron chi connectivity index (χ0n) is 10.8. The van der Waals surface area contributed by atoms with Crippen molar-refractivity contribution in [2.45, 2.75) is 12.5 Å². The Morgan fingerprint density at radius 1 is 1.40 bits per heavy atom. The molecule has 2 atom stereocenters. The maximum absolute atomic E-state index is 12.0. The quantitative estimate of drug-likeness (QED) is 0.696. The maximum Gasteiger partial charge on any atom is 0.341 e. The van der Waals surface area contributed by atoms with Gasteiger partial charge in [-0.1, -0.05) is 18.2 Å². The van der Waals surface area contributed by atoms with Gasteiger partial charge < -0.3 is 20.9 Å². The lowest BCUT2D eigenvalue weighted by molar-refractivity contribution is -0.139. The molecule has 106 valence electrons. The van der Waals surface area contributed by atoms with Gasteiger partial charge in [-0.25, -0.2) is 4.79 Å². The van der Waals surface area contributed by atoms with E-state index in [2.05, 4.69) is 5.32 Å². The highest BCUT2D eigenvalue weighted by molar-refractivity contribution is 5.94. The Bertz CT molecular complexity index is 542. The first-order chi connectivity index (χ1) is 9.54. The van der Waals surface area contributed by atoms with E-state index in [4.69, 9.17) is 15.6 Å². The van der Waals surface area contributed by atoms with E-state index in [0.717, 1.165) is 0 Å². The third kappa shape index (κ3) is 3.83. The number of amides is 1. The van der Waals surface area contributed by atoms with Crippen LogP contribution in [0.25, 0.3) is 0 Å². The van der Waals surface area contributed by atoms with Gasteiger partial charge >= 0.3 is 5.97 Å². The molecule has 20 heavy (non-hydrogen) atoms. The number of nitrogens with two attached hydrogens (primary N) is 1. The van der Waals surface area contributed by atoms with E-state index in [1.54, 1.807) is 30.3 Å². The number of nitrogens with one attached hydrogen (secondary N) is 1. The smallest absolute Gasteiger partial charge is 0.341 e. The third-order valence-corrected chi connectivity index (χ3v) is 2.92. The van der Waals surface area contributed by atoms with E-state index in [-0.39, 0.29) is 17.9 Å². The highest BCUT2D eigenvalue weighted by atomic mass is 16.5. The lowest BCUT2D eigenvalue weighted by Crippen LogP contribution is -2.24. The van der Waals surface area contributed by atoms with E-state index in [9.17, 15) is 9.59 Å². The molecule has 0 saturated heterocycles. The van der Waals surface area contributed by atoms with Crippen LogP contribution in [0.3, 0.4) is 0 Å². The zero-order chi connectivity index (χ0) is 14.5. The lowest BCUT2D eigenvalue weighted by Gasteiger charge is -2.11. The Balaban J connectivity index is 1.95. The first kappa shape index (κ1) is 14.1. The predicted octanol–water partition coefficient (Wildman–Crippen LogP) is 0.992. The zero-order valence-corrected chi connectivity index (χ0v) is 10.8. The van der Waals surface area contributed by atoms with Crippen LogP contribution in [0.15, 0.2) is 36.4 Å². The van der Waals surface area contributed by atoms with Crippen LogP contribution in [0.1, 0.15) is 6.42 Å². The highest BCUT2D eigenvalue weighted by Gasteiger charge is 2.22. The molecule has 0 spiro atoms. The van der Waals surface area contributed by atoms with Gasteiger partial charge in [0.2, 0.25) is 5.91 Å². The first-order valence-electron chi connectivity index (χ1n) is 6.24. The Kier molecular flexibility index (Phi) is 4.37. The van der Waals surface area contributed by atoms with E-state index in [1.165, 1.54) is 0 Å². The largest absolute Gasteiger partial charge is 0.482 e. The second-order valence-electron chi connectivity index (χ2n) is 4.59. The van der Waals surface area contributed by atoms with Crippen molar-refractivity contribution in [3.8, 4) is 5.75 Å². The van der Waals surface area contributed by atoms with Gasteiger partial charge in [-0.15, -0.1) is 0 Å². The van der Waals surface area contributed by atoms with Crippen LogP contribution in [0.2, 0.25) is 0 Å². The number of aliphatic carboxylic acids is 1. The molecule has 6 heteroatoms. The summed E-state index contributed by atoms with van der Waals surface area (Å²) in [5, 5.41) is 11.3. The molecule has 6 nitrogen and oxygen atoms in total. The Morgan fingerprint density at radius 2 is 2.20 bits per heavy atom. The van der Waals surface area contributed by atoms with Gasteiger partial charge in [-0.2, -0.15) is 0 Å². The molecule has 1 aliphatic carbocycles. The summed E-state index contributed by atoms with van der Waals surface area (Å²) in [6, 6.07) is 6.53. The minimum absolute atomic E-state index is 0.0732. The number of anilines is 1. The number of benzene rings is 1.